The number of carbonyl (C=O) groups excluding carboxylic acids is 2. The maximum atomic E-state index is 13.5. The van der Waals surface area contributed by atoms with Gasteiger partial charge in [0.2, 0.25) is 0 Å². The minimum absolute atomic E-state index is 0.0999. The van der Waals surface area contributed by atoms with Crippen LogP contribution in [0, 0.1) is 5.92 Å². The first-order chi connectivity index (χ1) is 18.2. The molecule has 5 heterocycles. The number of anilines is 3. The van der Waals surface area contributed by atoms with Gasteiger partial charge >= 0.3 is 12.2 Å². The number of oxazole rings is 1. The molecule has 9 nitrogen and oxygen atoms in total. The van der Waals surface area contributed by atoms with E-state index in [-0.39, 0.29) is 17.6 Å². The van der Waals surface area contributed by atoms with Crippen LogP contribution in [0.25, 0.3) is 11.3 Å². The van der Waals surface area contributed by atoms with Gasteiger partial charge in [-0.25, -0.2) is 19.7 Å². The third kappa shape index (κ3) is 4.59. The monoisotopic (exact) mass is 526 g/mol. The largest absolute Gasteiger partial charge is 0.440 e. The zero-order valence-corrected chi connectivity index (χ0v) is 20.5. The fourth-order valence-electron chi connectivity index (χ4n) is 4.89. The minimum atomic E-state index is -4.48. The maximum absolute atomic E-state index is 13.5. The highest BCUT2D eigenvalue weighted by atomic mass is 19.4. The van der Waals surface area contributed by atoms with Crippen LogP contribution in [0.1, 0.15) is 54.9 Å². The van der Waals surface area contributed by atoms with Gasteiger partial charge in [0.25, 0.3) is 0 Å². The summed E-state index contributed by atoms with van der Waals surface area (Å²) in [6, 6.07) is 5.84. The van der Waals surface area contributed by atoms with E-state index in [1.165, 1.54) is 11.0 Å². The Balaban J connectivity index is 1.25. The van der Waals surface area contributed by atoms with Crippen LogP contribution in [0.4, 0.5) is 35.3 Å². The molecule has 3 aliphatic rings. The topological polar surface area (TPSA) is 104 Å². The van der Waals surface area contributed by atoms with Crippen molar-refractivity contribution < 1.29 is 27.2 Å². The molecule has 3 aromatic rings. The molecule has 3 aromatic heterocycles. The third-order valence-electron chi connectivity index (χ3n) is 7.24. The Morgan fingerprint density at radius 1 is 1.18 bits per heavy atom. The number of nitrogens with zero attached hydrogens (tertiary/aromatic N) is 5. The number of carbonyl (C=O) groups is 2. The summed E-state index contributed by atoms with van der Waals surface area (Å²) in [5.41, 5.74) is 1.27. The van der Waals surface area contributed by atoms with Gasteiger partial charge in [0.05, 0.1) is 23.8 Å². The normalized spacial score (nSPS) is 19.3. The Hall–Kier alpha value is -3.96. The van der Waals surface area contributed by atoms with E-state index in [0.29, 0.717) is 54.1 Å². The van der Waals surface area contributed by atoms with E-state index in [1.54, 1.807) is 30.6 Å². The third-order valence-corrected chi connectivity index (χ3v) is 7.24. The van der Waals surface area contributed by atoms with E-state index >= 15 is 0 Å². The number of aromatic nitrogens is 3. The molecule has 2 aliphatic heterocycles. The Bertz CT molecular complexity index is 1400. The number of hydrogen-bond acceptors (Lipinski definition) is 7. The number of nitrogens with one attached hydrogen (secondary N) is 1. The van der Waals surface area contributed by atoms with Crippen LogP contribution >= 0.6 is 0 Å². The second-order valence-electron chi connectivity index (χ2n) is 10.1. The first-order valence-corrected chi connectivity index (χ1v) is 12.6. The molecule has 0 aromatic carbocycles. The van der Waals surface area contributed by atoms with Crippen LogP contribution in [-0.2, 0) is 0 Å². The molecule has 1 aliphatic carbocycles. The summed E-state index contributed by atoms with van der Waals surface area (Å²) in [5.74, 6) is -0.312. The van der Waals surface area contributed by atoms with Crippen LogP contribution in [0.3, 0.4) is 0 Å². The highest BCUT2D eigenvalue weighted by Crippen LogP contribution is 2.41. The Morgan fingerprint density at radius 3 is 2.76 bits per heavy atom. The average Bonchev–Trinajstić information content (AvgIpc) is 3.46. The predicted molar refractivity (Wildman–Crippen MR) is 132 cm³/mol. The molecule has 198 valence electrons. The number of rotatable bonds is 6. The fraction of sp³-hybridized carbons (Fsp3) is 0.423. The first-order valence-electron chi connectivity index (χ1n) is 12.6. The molecule has 0 unspecified atom stereocenters. The molecular weight excluding hydrogens is 501 g/mol. The van der Waals surface area contributed by atoms with Crippen LogP contribution in [0.15, 0.2) is 41.1 Å². The maximum Gasteiger partial charge on any atom is 0.391 e. The number of Topliss-reactive ketones (excluding diaryl/α,β-unsaturated/α-hetero) is 1. The first kappa shape index (κ1) is 24.4. The number of ketones is 1. The molecule has 1 saturated heterocycles. The van der Waals surface area contributed by atoms with Gasteiger partial charge in [-0.2, -0.15) is 13.2 Å². The Morgan fingerprint density at radius 2 is 2.00 bits per heavy atom. The molecule has 2 atom stereocenters. The molecule has 2 bridgehead atoms. The van der Waals surface area contributed by atoms with Gasteiger partial charge in [0.15, 0.2) is 23.3 Å². The van der Waals surface area contributed by atoms with Gasteiger partial charge in [0, 0.05) is 37.2 Å². The molecule has 0 radical (unpaired) electrons. The van der Waals surface area contributed by atoms with Gasteiger partial charge in [-0.05, 0) is 43.5 Å². The van der Waals surface area contributed by atoms with Crippen LogP contribution in [-0.4, -0.2) is 52.1 Å². The molecule has 6 rings (SSSR count). The summed E-state index contributed by atoms with van der Waals surface area (Å²) in [7, 11) is 0. The highest BCUT2D eigenvalue weighted by Gasteiger charge is 2.41. The van der Waals surface area contributed by atoms with E-state index < -0.39 is 30.3 Å². The minimum Gasteiger partial charge on any atom is -0.440 e. The average molecular weight is 527 g/mol. The number of urea groups is 1. The van der Waals surface area contributed by atoms with Crippen molar-refractivity contribution >= 4 is 29.1 Å². The number of halogens is 3. The Kier molecular flexibility index (Phi) is 5.84. The molecule has 1 N–H and O–H groups in total. The van der Waals surface area contributed by atoms with Crippen molar-refractivity contribution in [3.05, 3.63) is 48.2 Å². The molecular formula is C26H25F3N6O3. The standard InChI is InChI=1S/C26H25F3N6O3/c1-14(26(27,28)29)10-20(36)18-4-5-19-23(32-18)35(17-7-9-34(19)13-17)25(37)33-22-11-16(6-8-30-22)21-12-31-24(38-21)15-2-3-15/h4-6,8,11-12,14-15,17H,2-3,7,9-10,13H2,1H3,(H,30,33,37)/t14-,17-/m0/s1. The van der Waals surface area contributed by atoms with Crippen molar-refractivity contribution in [1.29, 1.82) is 0 Å². The van der Waals surface area contributed by atoms with E-state index in [0.717, 1.165) is 19.8 Å². The lowest BCUT2D eigenvalue weighted by Gasteiger charge is -2.35. The highest BCUT2D eigenvalue weighted by molar-refractivity contribution is 6.05. The van der Waals surface area contributed by atoms with Crippen LogP contribution in [0.2, 0.25) is 0 Å². The Labute approximate surface area is 216 Å². The number of amides is 2. The second kappa shape index (κ2) is 9.10. The summed E-state index contributed by atoms with van der Waals surface area (Å²) in [6.07, 6.45) is 0.843. The summed E-state index contributed by atoms with van der Waals surface area (Å²) in [6.45, 7) is 2.26. The number of fused-ring (bicyclic) bond motifs is 4. The SMILES string of the molecule is C[C@@H](CC(=O)c1ccc2c(n1)N(C(=O)Nc1cc(-c3cnc(C4CC4)o3)ccn1)[C@H]1CCN2C1)C(F)(F)F. The summed E-state index contributed by atoms with van der Waals surface area (Å²) >= 11 is 0. The van der Waals surface area contributed by atoms with Gasteiger partial charge < -0.3 is 9.32 Å². The molecule has 0 spiro atoms. The van der Waals surface area contributed by atoms with Crippen molar-refractivity contribution in [1.82, 2.24) is 15.0 Å². The van der Waals surface area contributed by atoms with Crippen molar-refractivity contribution in [2.24, 2.45) is 5.92 Å². The van der Waals surface area contributed by atoms with E-state index in [9.17, 15) is 22.8 Å². The van der Waals surface area contributed by atoms with Crippen LogP contribution in [0.5, 0.6) is 0 Å². The summed E-state index contributed by atoms with van der Waals surface area (Å²) in [4.78, 5) is 42.7. The molecule has 12 heteroatoms. The van der Waals surface area contributed by atoms with Gasteiger partial charge in [-0.1, -0.05) is 6.92 Å². The van der Waals surface area contributed by atoms with E-state index in [1.807, 2.05) is 0 Å². The number of hydrogen-bond donors (Lipinski definition) is 1. The smallest absolute Gasteiger partial charge is 0.391 e. The molecule has 38 heavy (non-hydrogen) atoms. The summed E-state index contributed by atoms with van der Waals surface area (Å²) < 4.78 is 44.9. The quantitative estimate of drug-likeness (QED) is 0.428. The van der Waals surface area contributed by atoms with Crippen molar-refractivity contribution in [3.63, 3.8) is 0 Å². The zero-order chi connectivity index (χ0) is 26.6. The molecule has 2 amide bonds. The zero-order valence-electron chi connectivity index (χ0n) is 20.5. The lowest BCUT2D eigenvalue weighted by molar-refractivity contribution is -0.168. The van der Waals surface area contributed by atoms with Crippen molar-refractivity contribution in [3.8, 4) is 11.3 Å². The predicted octanol–water partition coefficient (Wildman–Crippen LogP) is 5.41. The molecule has 2 fully saturated rings. The van der Waals surface area contributed by atoms with Gasteiger partial charge in [-0.15, -0.1) is 0 Å². The number of pyridine rings is 2. The van der Waals surface area contributed by atoms with E-state index in [2.05, 4.69) is 25.2 Å². The van der Waals surface area contributed by atoms with Gasteiger partial charge in [-0.3, -0.25) is 15.0 Å². The van der Waals surface area contributed by atoms with Gasteiger partial charge in [0.1, 0.15) is 11.5 Å². The fourth-order valence-corrected chi connectivity index (χ4v) is 4.89. The van der Waals surface area contributed by atoms with Crippen LogP contribution < -0.4 is 15.1 Å². The lowest BCUT2D eigenvalue weighted by atomic mass is 10.0. The second-order valence-corrected chi connectivity index (χ2v) is 10.1. The van der Waals surface area contributed by atoms with Crippen molar-refractivity contribution in [2.75, 3.05) is 28.2 Å². The number of alkyl halides is 3. The van der Waals surface area contributed by atoms with Crippen molar-refractivity contribution in [2.45, 2.75) is 50.7 Å². The lowest BCUT2D eigenvalue weighted by Crippen LogP contribution is -2.48. The van der Waals surface area contributed by atoms with E-state index in [4.69, 9.17) is 4.42 Å². The molecule has 1 saturated carbocycles. The summed E-state index contributed by atoms with van der Waals surface area (Å²) in [5, 5.41) is 2.81.